The van der Waals surface area contributed by atoms with Crippen molar-refractivity contribution in [2.45, 2.75) is 19.9 Å². The Morgan fingerprint density at radius 1 is 1.57 bits per heavy atom. The van der Waals surface area contributed by atoms with Crippen molar-refractivity contribution in [3.8, 4) is 0 Å². The topological polar surface area (TPSA) is 87.7 Å². The first-order valence-corrected chi connectivity index (χ1v) is 5.21. The van der Waals surface area contributed by atoms with Gasteiger partial charge in [-0.25, -0.2) is 9.97 Å². The van der Waals surface area contributed by atoms with E-state index >= 15 is 0 Å². The molecular weight excluding hydrogens is 293 g/mol. The maximum Gasteiger partial charge on any atom is 0.141 e. The summed E-state index contributed by atoms with van der Waals surface area (Å²) in [6.45, 7) is 4.00. The molecule has 0 aromatic carbocycles. The van der Waals surface area contributed by atoms with Gasteiger partial charge in [0.15, 0.2) is 0 Å². The third-order valence-corrected chi connectivity index (χ3v) is 2.06. The first-order valence-electron chi connectivity index (χ1n) is 4.13. The standard InChI is InChI=1S/C8H12IN5/c1-4(2)14-8-5(6(9)10)7(11)12-3-13-8/h3-4,10H,1-2H3,(H3,11,12,13,14). The molecule has 0 aliphatic carbocycles. The van der Waals surface area contributed by atoms with Gasteiger partial charge in [-0.3, -0.25) is 5.41 Å². The fourth-order valence-corrected chi connectivity index (χ4v) is 1.53. The van der Waals surface area contributed by atoms with Gasteiger partial charge in [-0.15, -0.1) is 0 Å². The summed E-state index contributed by atoms with van der Waals surface area (Å²) in [5.74, 6) is 0.953. The highest BCUT2D eigenvalue weighted by Gasteiger charge is 2.12. The van der Waals surface area contributed by atoms with Crippen molar-refractivity contribution in [1.82, 2.24) is 9.97 Å². The molecular formula is C8H12IN5. The number of nitrogen functional groups attached to an aromatic ring is 1. The highest BCUT2D eigenvalue weighted by Crippen LogP contribution is 2.20. The van der Waals surface area contributed by atoms with Crippen molar-refractivity contribution in [3.63, 3.8) is 0 Å². The Bertz CT molecular complexity index is 350. The number of hydrogen-bond acceptors (Lipinski definition) is 5. The molecule has 0 amide bonds. The number of nitrogens with zero attached hydrogens (tertiary/aromatic N) is 2. The quantitative estimate of drug-likeness (QED) is 0.585. The van der Waals surface area contributed by atoms with Crippen LogP contribution in [0.4, 0.5) is 11.6 Å². The fraction of sp³-hybridized carbons (Fsp3) is 0.375. The molecule has 0 radical (unpaired) electrons. The van der Waals surface area contributed by atoms with Gasteiger partial charge in [-0.05, 0) is 36.4 Å². The number of rotatable bonds is 3. The SMILES string of the molecule is CC(C)Nc1ncnc(N)c1C(=N)I. The van der Waals surface area contributed by atoms with Crippen molar-refractivity contribution < 1.29 is 0 Å². The predicted octanol–water partition coefficient (Wildman–Crippen LogP) is 1.64. The van der Waals surface area contributed by atoms with Gasteiger partial charge in [0.05, 0.1) is 5.56 Å². The molecule has 5 nitrogen and oxygen atoms in total. The maximum absolute atomic E-state index is 7.55. The Balaban J connectivity index is 3.14. The second-order valence-electron chi connectivity index (χ2n) is 3.10. The lowest BCUT2D eigenvalue weighted by atomic mass is 10.3. The highest BCUT2D eigenvalue weighted by atomic mass is 127. The minimum Gasteiger partial charge on any atom is -0.383 e. The van der Waals surface area contributed by atoms with Gasteiger partial charge in [-0.1, -0.05) is 0 Å². The molecule has 0 atom stereocenters. The summed E-state index contributed by atoms with van der Waals surface area (Å²) < 4.78 is 0.337. The van der Waals surface area contributed by atoms with Gasteiger partial charge in [0, 0.05) is 6.04 Å². The van der Waals surface area contributed by atoms with Crippen molar-refractivity contribution in [2.24, 2.45) is 0 Å². The molecule has 1 heterocycles. The zero-order valence-electron chi connectivity index (χ0n) is 8.00. The van der Waals surface area contributed by atoms with Crippen LogP contribution in [0.1, 0.15) is 19.4 Å². The molecule has 76 valence electrons. The van der Waals surface area contributed by atoms with Crippen molar-refractivity contribution in [3.05, 3.63) is 11.9 Å². The van der Waals surface area contributed by atoms with E-state index in [4.69, 9.17) is 11.1 Å². The molecule has 6 heteroatoms. The van der Waals surface area contributed by atoms with Crippen LogP contribution in [0.25, 0.3) is 0 Å². The molecule has 0 spiro atoms. The first kappa shape index (κ1) is 11.2. The maximum atomic E-state index is 7.55. The summed E-state index contributed by atoms with van der Waals surface area (Å²) in [6, 6.07) is 0.249. The third kappa shape index (κ3) is 2.53. The smallest absolute Gasteiger partial charge is 0.141 e. The Kier molecular flexibility index (Phi) is 3.62. The Hall–Kier alpha value is -0.920. The van der Waals surface area contributed by atoms with E-state index in [1.54, 1.807) is 0 Å². The lowest BCUT2D eigenvalue weighted by Crippen LogP contribution is -2.15. The van der Waals surface area contributed by atoms with Gasteiger partial charge in [0.25, 0.3) is 0 Å². The molecule has 1 rings (SSSR count). The zero-order valence-corrected chi connectivity index (χ0v) is 10.2. The third-order valence-electron chi connectivity index (χ3n) is 1.52. The number of halogens is 1. The number of anilines is 2. The van der Waals surface area contributed by atoms with E-state index in [2.05, 4.69) is 15.3 Å². The lowest BCUT2D eigenvalue weighted by Gasteiger charge is -2.12. The Morgan fingerprint density at radius 3 is 2.71 bits per heavy atom. The fourth-order valence-electron chi connectivity index (χ4n) is 0.998. The van der Waals surface area contributed by atoms with Crippen LogP contribution < -0.4 is 11.1 Å². The van der Waals surface area contributed by atoms with E-state index in [0.717, 1.165) is 0 Å². The van der Waals surface area contributed by atoms with Crippen LogP contribution in [-0.2, 0) is 0 Å². The van der Waals surface area contributed by atoms with Gasteiger partial charge < -0.3 is 11.1 Å². The van der Waals surface area contributed by atoms with Crippen molar-refractivity contribution in [1.29, 1.82) is 5.41 Å². The Morgan fingerprint density at radius 2 is 2.21 bits per heavy atom. The molecule has 0 saturated heterocycles. The van der Waals surface area contributed by atoms with Crippen LogP contribution in [0.15, 0.2) is 6.33 Å². The van der Waals surface area contributed by atoms with Gasteiger partial charge in [0.1, 0.15) is 21.7 Å². The van der Waals surface area contributed by atoms with Crippen molar-refractivity contribution >= 4 is 37.9 Å². The van der Waals surface area contributed by atoms with Crippen LogP contribution in [0.3, 0.4) is 0 Å². The molecule has 0 aliphatic rings. The number of nitrogens with one attached hydrogen (secondary N) is 2. The van der Waals surface area contributed by atoms with E-state index in [1.165, 1.54) is 6.33 Å². The predicted molar refractivity (Wildman–Crippen MR) is 66.1 cm³/mol. The summed E-state index contributed by atoms with van der Waals surface area (Å²) in [7, 11) is 0. The molecule has 0 saturated carbocycles. The normalized spacial score (nSPS) is 10.3. The first-order chi connectivity index (χ1) is 6.52. The lowest BCUT2D eigenvalue weighted by molar-refractivity contribution is 0.886. The minimum absolute atomic E-state index is 0.249. The second kappa shape index (κ2) is 4.54. The van der Waals surface area contributed by atoms with Gasteiger partial charge in [0.2, 0.25) is 0 Å². The molecule has 14 heavy (non-hydrogen) atoms. The number of aromatic nitrogens is 2. The van der Waals surface area contributed by atoms with E-state index in [0.29, 0.717) is 20.9 Å². The highest BCUT2D eigenvalue weighted by molar-refractivity contribution is 14.1. The second-order valence-corrected chi connectivity index (χ2v) is 4.17. The minimum atomic E-state index is 0.249. The summed E-state index contributed by atoms with van der Waals surface area (Å²) >= 11 is 1.89. The number of hydrogen-bond donors (Lipinski definition) is 3. The van der Waals surface area contributed by atoms with E-state index in [-0.39, 0.29) is 6.04 Å². The molecule has 0 bridgehead atoms. The Labute approximate surface area is 96.2 Å². The van der Waals surface area contributed by atoms with Crippen LogP contribution in [0, 0.1) is 5.41 Å². The summed E-state index contributed by atoms with van der Waals surface area (Å²) in [5, 5.41) is 10.7. The molecule has 1 aromatic heterocycles. The van der Waals surface area contributed by atoms with Crippen LogP contribution in [0.2, 0.25) is 0 Å². The largest absolute Gasteiger partial charge is 0.383 e. The molecule has 0 unspecified atom stereocenters. The number of nitrogens with two attached hydrogens (primary N) is 1. The van der Waals surface area contributed by atoms with E-state index in [1.807, 2.05) is 36.4 Å². The van der Waals surface area contributed by atoms with Crippen LogP contribution in [-0.4, -0.2) is 19.7 Å². The summed E-state index contributed by atoms with van der Waals surface area (Å²) in [6.07, 6.45) is 1.39. The van der Waals surface area contributed by atoms with Crippen LogP contribution in [0.5, 0.6) is 0 Å². The summed E-state index contributed by atoms with van der Waals surface area (Å²) in [4.78, 5) is 7.90. The van der Waals surface area contributed by atoms with Gasteiger partial charge >= 0.3 is 0 Å². The molecule has 1 aromatic rings. The van der Waals surface area contributed by atoms with E-state index < -0.39 is 0 Å². The molecule has 0 aliphatic heterocycles. The average Bonchev–Trinajstić information content (AvgIpc) is 2.01. The van der Waals surface area contributed by atoms with Crippen molar-refractivity contribution in [2.75, 3.05) is 11.1 Å². The molecule has 4 N–H and O–H groups in total. The van der Waals surface area contributed by atoms with E-state index in [9.17, 15) is 0 Å². The molecule has 0 fully saturated rings. The van der Waals surface area contributed by atoms with Crippen LogP contribution >= 0.6 is 22.6 Å². The average molecular weight is 305 g/mol. The summed E-state index contributed by atoms with van der Waals surface area (Å²) in [5.41, 5.74) is 6.23. The zero-order chi connectivity index (χ0) is 10.7. The monoisotopic (exact) mass is 305 g/mol. The van der Waals surface area contributed by atoms with Gasteiger partial charge in [-0.2, -0.15) is 0 Å².